The lowest BCUT2D eigenvalue weighted by Gasteiger charge is -2.31. The van der Waals surface area contributed by atoms with Gasteiger partial charge >= 0.3 is 0 Å². The molecule has 1 fully saturated rings. The van der Waals surface area contributed by atoms with E-state index < -0.39 is 15.9 Å². The summed E-state index contributed by atoms with van der Waals surface area (Å²) in [6.07, 6.45) is 1.08. The normalized spacial score (nSPS) is 16.4. The number of methoxy groups -OCH3 is 1. The van der Waals surface area contributed by atoms with Gasteiger partial charge < -0.3 is 10.1 Å². The van der Waals surface area contributed by atoms with Crippen molar-refractivity contribution in [1.82, 2.24) is 4.31 Å². The van der Waals surface area contributed by atoms with E-state index >= 15 is 0 Å². The second-order valence-electron chi connectivity index (χ2n) is 8.71. The van der Waals surface area contributed by atoms with Gasteiger partial charge in [0.1, 0.15) is 5.75 Å². The summed E-state index contributed by atoms with van der Waals surface area (Å²) in [6, 6.07) is 18.2. The number of piperidine rings is 1. The first-order valence-electron chi connectivity index (χ1n) is 11.6. The quantitative estimate of drug-likeness (QED) is 0.441. The second kappa shape index (κ2) is 10.8. The van der Waals surface area contributed by atoms with Gasteiger partial charge in [0.2, 0.25) is 15.9 Å². The van der Waals surface area contributed by atoms with E-state index in [0.717, 1.165) is 0 Å². The Labute approximate surface area is 216 Å². The zero-order valence-corrected chi connectivity index (χ0v) is 21.6. The van der Waals surface area contributed by atoms with E-state index in [0.29, 0.717) is 47.0 Å². The Balaban J connectivity index is 1.53. The first-order valence-corrected chi connectivity index (χ1v) is 13.4. The Bertz CT molecular complexity index is 1390. The molecular formula is C27H27ClN2O5S. The second-order valence-corrected chi connectivity index (χ2v) is 11.1. The number of hydrogen-bond donors (Lipinski definition) is 1. The van der Waals surface area contributed by atoms with Gasteiger partial charge in [0, 0.05) is 29.2 Å². The summed E-state index contributed by atoms with van der Waals surface area (Å²) in [5, 5.41) is 3.21. The topological polar surface area (TPSA) is 92.8 Å². The number of nitrogens with zero attached hydrogens (tertiary/aromatic N) is 1. The van der Waals surface area contributed by atoms with Crippen LogP contribution in [0.3, 0.4) is 0 Å². The molecule has 1 N–H and O–H groups in total. The van der Waals surface area contributed by atoms with Crippen molar-refractivity contribution in [3.05, 3.63) is 88.4 Å². The van der Waals surface area contributed by atoms with Crippen molar-refractivity contribution >= 4 is 39.0 Å². The fraction of sp³-hybridized carbons (Fsp3) is 0.259. The third-order valence-corrected chi connectivity index (χ3v) is 8.38. The highest BCUT2D eigenvalue weighted by molar-refractivity contribution is 7.89. The van der Waals surface area contributed by atoms with E-state index in [1.165, 1.54) is 23.5 Å². The van der Waals surface area contributed by atoms with Gasteiger partial charge in [-0.05, 0) is 61.7 Å². The van der Waals surface area contributed by atoms with Crippen molar-refractivity contribution in [3.8, 4) is 5.75 Å². The molecule has 0 bridgehead atoms. The van der Waals surface area contributed by atoms with Gasteiger partial charge in [0.25, 0.3) is 0 Å². The van der Waals surface area contributed by atoms with E-state index in [1.54, 1.807) is 55.5 Å². The molecule has 3 aromatic carbocycles. The molecule has 0 aromatic heterocycles. The standard InChI is InChI=1S/C27H27ClN2O5S/c1-18-15-22(11-13-25(18)35-2)36(33,34)30-14-6-9-20(17-30)27(32)29-24-12-10-21(28)16-23(24)26(31)19-7-4-3-5-8-19/h3-5,7-8,10-13,15-16,20H,6,9,14,17H2,1-2H3,(H,29,32)/t20-/m0/s1. The molecule has 4 rings (SSSR count). The molecule has 1 atom stereocenters. The Morgan fingerprint density at radius 3 is 2.50 bits per heavy atom. The summed E-state index contributed by atoms with van der Waals surface area (Å²) in [5.41, 5.74) is 1.79. The molecule has 36 heavy (non-hydrogen) atoms. The SMILES string of the molecule is COc1ccc(S(=O)(=O)N2CCC[C@H](C(=O)Nc3ccc(Cl)cc3C(=O)c3ccccc3)C2)cc1C. The molecular weight excluding hydrogens is 500 g/mol. The van der Waals surface area contributed by atoms with Crippen molar-refractivity contribution in [2.45, 2.75) is 24.7 Å². The number of halogens is 1. The van der Waals surface area contributed by atoms with E-state index in [-0.39, 0.29) is 28.7 Å². The average Bonchev–Trinajstić information content (AvgIpc) is 2.89. The molecule has 9 heteroatoms. The predicted molar refractivity (Wildman–Crippen MR) is 139 cm³/mol. The Morgan fingerprint density at radius 2 is 1.81 bits per heavy atom. The van der Waals surface area contributed by atoms with Crippen molar-refractivity contribution in [2.75, 3.05) is 25.5 Å². The van der Waals surface area contributed by atoms with Gasteiger partial charge in [-0.15, -0.1) is 0 Å². The molecule has 0 spiro atoms. The molecule has 0 aliphatic carbocycles. The Kier molecular flexibility index (Phi) is 7.78. The molecule has 1 saturated heterocycles. The summed E-state index contributed by atoms with van der Waals surface area (Å²) in [5.74, 6) is -0.571. The smallest absolute Gasteiger partial charge is 0.243 e. The maximum atomic E-state index is 13.3. The first kappa shape index (κ1) is 25.9. The monoisotopic (exact) mass is 526 g/mol. The number of amides is 1. The predicted octanol–water partition coefficient (Wildman–Crippen LogP) is 4.93. The van der Waals surface area contributed by atoms with E-state index in [2.05, 4.69) is 5.32 Å². The highest BCUT2D eigenvalue weighted by atomic mass is 35.5. The highest BCUT2D eigenvalue weighted by Crippen LogP contribution is 2.29. The molecule has 3 aromatic rings. The van der Waals surface area contributed by atoms with Gasteiger partial charge in [-0.3, -0.25) is 9.59 Å². The third-order valence-electron chi connectivity index (χ3n) is 6.28. The summed E-state index contributed by atoms with van der Waals surface area (Å²) in [4.78, 5) is 26.5. The van der Waals surface area contributed by atoms with Crippen LogP contribution in [0.25, 0.3) is 0 Å². The van der Waals surface area contributed by atoms with Crippen LogP contribution < -0.4 is 10.1 Å². The van der Waals surface area contributed by atoms with E-state index in [4.69, 9.17) is 16.3 Å². The Hall–Kier alpha value is -3.20. The lowest BCUT2D eigenvalue weighted by atomic mass is 9.97. The number of hydrogen-bond acceptors (Lipinski definition) is 5. The average molecular weight is 527 g/mol. The number of benzene rings is 3. The number of ketones is 1. The molecule has 7 nitrogen and oxygen atoms in total. The molecule has 188 valence electrons. The van der Waals surface area contributed by atoms with Crippen molar-refractivity contribution < 1.29 is 22.7 Å². The van der Waals surface area contributed by atoms with Crippen LogP contribution in [-0.2, 0) is 14.8 Å². The number of carbonyl (C=O) groups is 2. The van der Waals surface area contributed by atoms with Crippen LogP contribution in [-0.4, -0.2) is 44.6 Å². The zero-order valence-electron chi connectivity index (χ0n) is 20.0. The van der Waals surface area contributed by atoms with Gasteiger partial charge in [0.05, 0.1) is 23.6 Å². The van der Waals surface area contributed by atoms with Gasteiger partial charge in [-0.25, -0.2) is 8.42 Å². The highest BCUT2D eigenvalue weighted by Gasteiger charge is 2.34. The van der Waals surface area contributed by atoms with Crippen molar-refractivity contribution in [3.63, 3.8) is 0 Å². The molecule has 1 aliphatic rings. The van der Waals surface area contributed by atoms with E-state index in [9.17, 15) is 18.0 Å². The lowest BCUT2D eigenvalue weighted by Crippen LogP contribution is -2.43. The van der Waals surface area contributed by atoms with Crippen LogP contribution >= 0.6 is 11.6 Å². The number of anilines is 1. The van der Waals surface area contributed by atoms with Gasteiger partial charge in [-0.1, -0.05) is 41.9 Å². The third kappa shape index (κ3) is 5.46. The summed E-state index contributed by atoms with van der Waals surface area (Å²) < 4.78 is 33.2. The summed E-state index contributed by atoms with van der Waals surface area (Å²) >= 11 is 6.15. The van der Waals surface area contributed by atoms with Gasteiger partial charge in [0.15, 0.2) is 5.78 Å². The lowest BCUT2D eigenvalue weighted by molar-refractivity contribution is -0.120. The minimum Gasteiger partial charge on any atom is -0.496 e. The molecule has 1 amide bonds. The number of carbonyl (C=O) groups excluding carboxylic acids is 2. The molecule has 0 saturated carbocycles. The maximum absolute atomic E-state index is 13.3. The molecule has 1 heterocycles. The maximum Gasteiger partial charge on any atom is 0.243 e. The van der Waals surface area contributed by atoms with Crippen LogP contribution in [0.4, 0.5) is 5.69 Å². The number of ether oxygens (including phenoxy) is 1. The largest absolute Gasteiger partial charge is 0.496 e. The number of rotatable bonds is 7. The molecule has 0 radical (unpaired) electrons. The van der Waals surface area contributed by atoms with Crippen LogP contribution in [0.1, 0.15) is 34.3 Å². The fourth-order valence-corrected chi connectivity index (χ4v) is 6.11. The van der Waals surface area contributed by atoms with Crippen LogP contribution in [0.15, 0.2) is 71.6 Å². The fourth-order valence-electron chi connectivity index (χ4n) is 4.33. The molecule has 0 unspecified atom stereocenters. The Morgan fingerprint density at radius 1 is 1.06 bits per heavy atom. The zero-order chi connectivity index (χ0) is 25.9. The van der Waals surface area contributed by atoms with Crippen LogP contribution in [0.5, 0.6) is 5.75 Å². The van der Waals surface area contributed by atoms with Crippen molar-refractivity contribution in [2.24, 2.45) is 5.92 Å². The van der Waals surface area contributed by atoms with Gasteiger partial charge in [-0.2, -0.15) is 4.31 Å². The van der Waals surface area contributed by atoms with Crippen molar-refractivity contribution in [1.29, 1.82) is 0 Å². The summed E-state index contributed by atoms with van der Waals surface area (Å²) in [7, 11) is -2.25. The molecule has 1 aliphatic heterocycles. The van der Waals surface area contributed by atoms with E-state index in [1.807, 2.05) is 6.07 Å². The number of sulfonamides is 1. The number of aryl methyl sites for hydroxylation is 1. The summed E-state index contributed by atoms with van der Waals surface area (Å²) in [6.45, 7) is 2.16. The first-order chi connectivity index (χ1) is 17.2. The minimum absolute atomic E-state index is 0.0504. The number of nitrogens with one attached hydrogen (secondary N) is 1. The van der Waals surface area contributed by atoms with Crippen LogP contribution in [0, 0.1) is 12.8 Å². The minimum atomic E-state index is -3.79. The van der Waals surface area contributed by atoms with Crippen LogP contribution in [0.2, 0.25) is 5.02 Å².